The zero-order valence-electron chi connectivity index (χ0n) is 7.65. The van der Waals surface area contributed by atoms with Gasteiger partial charge in [0.2, 0.25) is 5.95 Å². The van der Waals surface area contributed by atoms with E-state index < -0.39 is 5.95 Å². The Morgan fingerprint density at radius 2 is 1.87 bits per heavy atom. The Hall–Kier alpha value is -1.06. The van der Waals surface area contributed by atoms with E-state index in [0.29, 0.717) is 0 Å². The summed E-state index contributed by atoms with van der Waals surface area (Å²) in [7, 11) is 0. The molecule has 0 aliphatic carbocycles. The molecule has 0 amide bonds. The third kappa shape index (κ3) is 2.70. The van der Waals surface area contributed by atoms with Gasteiger partial charge in [0.25, 0.3) is 0 Å². The van der Waals surface area contributed by atoms with E-state index in [1.54, 1.807) is 6.07 Å². The molecule has 0 unspecified atom stereocenters. The average molecular weight is 240 g/mol. The molecule has 0 atom stereocenters. The van der Waals surface area contributed by atoms with Crippen LogP contribution >= 0.6 is 23.4 Å². The number of halogens is 2. The van der Waals surface area contributed by atoms with Crippen LogP contribution in [-0.4, -0.2) is 4.98 Å². The summed E-state index contributed by atoms with van der Waals surface area (Å²) in [4.78, 5) is 5.45. The molecule has 0 radical (unpaired) electrons. The van der Waals surface area contributed by atoms with Crippen LogP contribution in [0, 0.1) is 5.95 Å². The number of aromatic nitrogens is 1. The van der Waals surface area contributed by atoms with Crippen molar-refractivity contribution in [1.82, 2.24) is 4.98 Å². The van der Waals surface area contributed by atoms with Crippen LogP contribution < -0.4 is 0 Å². The molecule has 1 aromatic heterocycles. The second-order valence-corrected chi connectivity index (χ2v) is 4.41. The number of benzene rings is 1. The molecule has 4 heteroatoms. The van der Waals surface area contributed by atoms with Crippen molar-refractivity contribution in [3.8, 4) is 0 Å². The Labute approximate surface area is 96.3 Å². The molecule has 0 fully saturated rings. The Balaban J connectivity index is 2.22. The number of rotatable bonds is 2. The summed E-state index contributed by atoms with van der Waals surface area (Å²) < 4.78 is 12.8. The van der Waals surface area contributed by atoms with Gasteiger partial charge in [-0.05, 0) is 18.2 Å². The van der Waals surface area contributed by atoms with Crippen molar-refractivity contribution in [1.29, 1.82) is 0 Å². The van der Waals surface area contributed by atoms with E-state index in [2.05, 4.69) is 4.98 Å². The fourth-order valence-electron chi connectivity index (χ4n) is 1.08. The lowest BCUT2D eigenvalue weighted by atomic mass is 10.4. The zero-order valence-corrected chi connectivity index (χ0v) is 9.23. The number of hydrogen-bond donors (Lipinski definition) is 0. The monoisotopic (exact) mass is 239 g/mol. The predicted octanol–water partition coefficient (Wildman–Crippen LogP) is 4.03. The summed E-state index contributed by atoms with van der Waals surface area (Å²) in [5.74, 6) is -0.630. The molecule has 1 nitrogen and oxygen atoms in total. The van der Waals surface area contributed by atoms with E-state index in [1.807, 2.05) is 30.3 Å². The van der Waals surface area contributed by atoms with Crippen molar-refractivity contribution in [3.05, 3.63) is 53.6 Å². The number of nitrogens with zero attached hydrogens (tertiary/aromatic N) is 1. The number of pyridine rings is 1. The lowest BCUT2D eigenvalue weighted by Gasteiger charge is -2.01. The fourth-order valence-corrected chi connectivity index (χ4v) is 2.16. The van der Waals surface area contributed by atoms with Crippen LogP contribution in [0.5, 0.6) is 0 Å². The van der Waals surface area contributed by atoms with Crippen LogP contribution in [0.2, 0.25) is 5.02 Å². The van der Waals surface area contributed by atoms with E-state index in [-0.39, 0.29) is 5.02 Å². The van der Waals surface area contributed by atoms with Crippen molar-refractivity contribution in [2.24, 2.45) is 0 Å². The first kappa shape index (κ1) is 10.5. The highest BCUT2D eigenvalue weighted by Crippen LogP contribution is 2.28. The summed E-state index contributed by atoms with van der Waals surface area (Å²) in [6, 6.07) is 11.4. The van der Waals surface area contributed by atoms with Crippen molar-refractivity contribution >= 4 is 23.4 Å². The maximum absolute atomic E-state index is 12.8. The standard InChI is InChI=1S/C11H7ClFNS/c12-10-6-9(7-14-11(10)13)15-8-4-2-1-3-5-8/h1-7H. The van der Waals surface area contributed by atoms with E-state index in [0.717, 1.165) is 9.79 Å². The van der Waals surface area contributed by atoms with Gasteiger partial charge in [0.1, 0.15) is 0 Å². The van der Waals surface area contributed by atoms with E-state index in [1.165, 1.54) is 18.0 Å². The minimum absolute atomic E-state index is 0.0518. The number of hydrogen-bond acceptors (Lipinski definition) is 2. The average Bonchev–Trinajstić information content (AvgIpc) is 2.25. The van der Waals surface area contributed by atoms with Crippen molar-refractivity contribution < 1.29 is 4.39 Å². The molecule has 0 aliphatic rings. The first-order chi connectivity index (χ1) is 7.25. The first-order valence-corrected chi connectivity index (χ1v) is 5.49. The smallest absolute Gasteiger partial charge is 0.226 e. The highest BCUT2D eigenvalue weighted by Gasteiger charge is 2.03. The Kier molecular flexibility index (Phi) is 3.23. The second-order valence-electron chi connectivity index (χ2n) is 2.86. The maximum atomic E-state index is 12.8. The molecule has 2 aromatic rings. The van der Waals surface area contributed by atoms with Gasteiger partial charge < -0.3 is 0 Å². The van der Waals surface area contributed by atoms with Gasteiger partial charge >= 0.3 is 0 Å². The first-order valence-electron chi connectivity index (χ1n) is 4.29. The van der Waals surface area contributed by atoms with Gasteiger partial charge in [-0.25, -0.2) is 4.98 Å². The molecule has 0 saturated heterocycles. The van der Waals surface area contributed by atoms with Crippen molar-refractivity contribution in [3.63, 3.8) is 0 Å². The summed E-state index contributed by atoms with van der Waals surface area (Å²) in [5.41, 5.74) is 0. The molecule has 15 heavy (non-hydrogen) atoms. The maximum Gasteiger partial charge on any atom is 0.231 e. The Morgan fingerprint density at radius 1 is 1.13 bits per heavy atom. The molecule has 0 aliphatic heterocycles. The largest absolute Gasteiger partial charge is 0.231 e. The van der Waals surface area contributed by atoms with Gasteiger partial charge in [0.05, 0.1) is 5.02 Å². The predicted molar refractivity (Wildman–Crippen MR) is 59.8 cm³/mol. The minimum atomic E-state index is -0.630. The summed E-state index contributed by atoms with van der Waals surface area (Å²) in [6.07, 6.45) is 1.47. The Morgan fingerprint density at radius 3 is 2.53 bits per heavy atom. The lowest BCUT2D eigenvalue weighted by Crippen LogP contribution is -1.84. The Bertz CT molecular complexity index is 461. The molecule has 0 N–H and O–H groups in total. The highest BCUT2D eigenvalue weighted by molar-refractivity contribution is 7.99. The van der Waals surface area contributed by atoms with Gasteiger partial charge in [0.15, 0.2) is 0 Å². The normalized spacial score (nSPS) is 10.3. The van der Waals surface area contributed by atoms with Crippen LogP contribution in [-0.2, 0) is 0 Å². The highest BCUT2D eigenvalue weighted by atomic mass is 35.5. The van der Waals surface area contributed by atoms with Gasteiger partial charge in [-0.1, -0.05) is 41.6 Å². The molecular formula is C11H7ClFNS. The van der Waals surface area contributed by atoms with Crippen LogP contribution in [0.3, 0.4) is 0 Å². The van der Waals surface area contributed by atoms with E-state index in [9.17, 15) is 4.39 Å². The summed E-state index contributed by atoms with van der Waals surface area (Å²) >= 11 is 7.13. The van der Waals surface area contributed by atoms with Crippen LogP contribution in [0.25, 0.3) is 0 Å². The molecule has 0 spiro atoms. The molecule has 0 saturated carbocycles. The fraction of sp³-hybridized carbons (Fsp3) is 0. The minimum Gasteiger partial charge on any atom is -0.226 e. The van der Waals surface area contributed by atoms with Crippen LogP contribution in [0.4, 0.5) is 4.39 Å². The molecule has 2 rings (SSSR count). The van der Waals surface area contributed by atoms with Gasteiger partial charge in [-0.3, -0.25) is 0 Å². The molecule has 0 bridgehead atoms. The van der Waals surface area contributed by atoms with Gasteiger partial charge in [0, 0.05) is 16.0 Å². The van der Waals surface area contributed by atoms with Gasteiger partial charge in [-0.2, -0.15) is 4.39 Å². The van der Waals surface area contributed by atoms with Crippen LogP contribution in [0.15, 0.2) is 52.4 Å². The zero-order chi connectivity index (χ0) is 10.7. The van der Waals surface area contributed by atoms with Crippen molar-refractivity contribution in [2.75, 3.05) is 0 Å². The molecule has 1 aromatic carbocycles. The van der Waals surface area contributed by atoms with E-state index >= 15 is 0 Å². The SMILES string of the molecule is Fc1ncc(Sc2ccccc2)cc1Cl. The summed E-state index contributed by atoms with van der Waals surface area (Å²) in [6.45, 7) is 0. The quantitative estimate of drug-likeness (QED) is 0.734. The molecule has 76 valence electrons. The second kappa shape index (κ2) is 4.64. The summed E-state index contributed by atoms with van der Waals surface area (Å²) in [5, 5.41) is 0.0518. The van der Waals surface area contributed by atoms with Crippen molar-refractivity contribution in [2.45, 2.75) is 9.79 Å². The third-order valence-corrected chi connectivity index (χ3v) is 2.98. The molecular weight excluding hydrogens is 233 g/mol. The van der Waals surface area contributed by atoms with Crippen LogP contribution in [0.1, 0.15) is 0 Å². The lowest BCUT2D eigenvalue weighted by molar-refractivity contribution is 0.582. The van der Waals surface area contributed by atoms with Gasteiger partial charge in [-0.15, -0.1) is 0 Å². The third-order valence-electron chi connectivity index (χ3n) is 1.75. The van der Waals surface area contributed by atoms with E-state index in [4.69, 9.17) is 11.6 Å². The topological polar surface area (TPSA) is 12.9 Å². The molecule has 1 heterocycles.